The summed E-state index contributed by atoms with van der Waals surface area (Å²) in [5, 5.41) is 7.07. The van der Waals surface area contributed by atoms with Crippen LogP contribution in [-0.2, 0) is 17.8 Å². The molecular weight excluding hydrogens is 394 g/mol. The van der Waals surface area contributed by atoms with Crippen LogP contribution in [0.2, 0.25) is 0 Å². The molecule has 0 aliphatic carbocycles. The van der Waals surface area contributed by atoms with Crippen LogP contribution in [0.3, 0.4) is 0 Å². The lowest BCUT2D eigenvalue weighted by atomic mass is 10.1. The molecular formula is C23H23N5O3. The molecule has 1 N–H and O–H groups in total. The van der Waals surface area contributed by atoms with Crippen LogP contribution in [0, 0.1) is 13.8 Å². The molecule has 31 heavy (non-hydrogen) atoms. The van der Waals surface area contributed by atoms with E-state index in [0.717, 1.165) is 22.2 Å². The minimum absolute atomic E-state index is 0.193. The van der Waals surface area contributed by atoms with Gasteiger partial charge >= 0.3 is 5.69 Å². The van der Waals surface area contributed by atoms with Crippen LogP contribution in [-0.4, -0.2) is 25.1 Å². The summed E-state index contributed by atoms with van der Waals surface area (Å²) in [4.78, 5) is 29.4. The summed E-state index contributed by atoms with van der Waals surface area (Å²) < 4.78 is 8.31. The largest absolute Gasteiger partial charge is 0.436 e. The Morgan fingerprint density at radius 3 is 2.48 bits per heavy atom. The van der Waals surface area contributed by atoms with Crippen molar-refractivity contribution >= 4 is 17.2 Å². The average Bonchev–Trinajstić information content (AvgIpc) is 3.04. The molecule has 8 heteroatoms. The number of anilines is 1. The van der Waals surface area contributed by atoms with Gasteiger partial charge < -0.3 is 10.1 Å². The quantitative estimate of drug-likeness (QED) is 0.519. The van der Waals surface area contributed by atoms with E-state index in [1.165, 1.54) is 22.4 Å². The van der Waals surface area contributed by atoms with Gasteiger partial charge in [0, 0.05) is 18.1 Å². The highest BCUT2D eigenvalue weighted by atomic mass is 16.5. The number of aryl methyl sites for hydroxylation is 3. The zero-order valence-corrected chi connectivity index (χ0v) is 17.6. The Bertz CT molecular complexity index is 1290. The number of hydrogen-bond acceptors (Lipinski definition) is 5. The van der Waals surface area contributed by atoms with Gasteiger partial charge in [0.05, 0.1) is 0 Å². The second-order valence-electron chi connectivity index (χ2n) is 7.39. The topological polar surface area (TPSA) is 90.5 Å². The van der Waals surface area contributed by atoms with Crippen molar-refractivity contribution in [1.29, 1.82) is 0 Å². The van der Waals surface area contributed by atoms with Gasteiger partial charge in [-0.25, -0.2) is 18.9 Å². The molecule has 0 atom stereocenters. The number of nitrogens with one attached hydrogen (secondary N) is 1. The fourth-order valence-electron chi connectivity index (χ4n) is 3.36. The van der Waals surface area contributed by atoms with Crippen molar-refractivity contribution in [1.82, 2.24) is 19.2 Å². The van der Waals surface area contributed by atoms with E-state index in [1.807, 2.05) is 56.3 Å². The molecule has 4 aromatic rings. The number of aromatic nitrogens is 4. The van der Waals surface area contributed by atoms with E-state index in [9.17, 15) is 9.59 Å². The molecule has 0 fully saturated rings. The first kappa shape index (κ1) is 20.3. The molecule has 8 nitrogen and oxygen atoms in total. The van der Waals surface area contributed by atoms with Gasteiger partial charge in [0.1, 0.15) is 12.3 Å². The molecule has 0 radical (unpaired) electrons. The summed E-state index contributed by atoms with van der Waals surface area (Å²) in [5.41, 5.74) is 3.74. The number of ether oxygens (including phenoxy) is 1. The van der Waals surface area contributed by atoms with Crippen molar-refractivity contribution in [3.05, 3.63) is 82.0 Å². The Balaban J connectivity index is 1.57. The van der Waals surface area contributed by atoms with Crippen LogP contribution in [0.1, 0.15) is 23.6 Å². The van der Waals surface area contributed by atoms with E-state index in [-0.39, 0.29) is 24.0 Å². The highest BCUT2D eigenvalue weighted by Crippen LogP contribution is 2.24. The van der Waals surface area contributed by atoms with Gasteiger partial charge in [-0.3, -0.25) is 4.79 Å². The number of nitrogens with zero attached hydrogens (tertiary/aromatic N) is 4. The Hall–Kier alpha value is -3.94. The summed E-state index contributed by atoms with van der Waals surface area (Å²) >= 11 is 0. The predicted molar refractivity (Wildman–Crippen MR) is 118 cm³/mol. The van der Waals surface area contributed by atoms with E-state index in [1.54, 1.807) is 0 Å². The predicted octanol–water partition coefficient (Wildman–Crippen LogP) is 3.50. The molecule has 1 amide bonds. The van der Waals surface area contributed by atoms with Crippen LogP contribution in [0.4, 0.5) is 5.69 Å². The van der Waals surface area contributed by atoms with E-state index < -0.39 is 5.69 Å². The smallest absolute Gasteiger partial charge is 0.351 e. The molecule has 0 saturated carbocycles. The number of carbonyl (C=O) groups is 1. The Kier molecular flexibility index (Phi) is 5.53. The van der Waals surface area contributed by atoms with E-state index in [0.29, 0.717) is 11.4 Å². The molecule has 0 bridgehead atoms. The summed E-state index contributed by atoms with van der Waals surface area (Å²) in [6.07, 6.45) is 3.89. The molecule has 2 aromatic heterocycles. The molecule has 2 heterocycles. The number of fused-ring (bicyclic) bond motifs is 1. The van der Waals surface area contributed by atoms with Crippen LogP contribution in [0.5, 0.6) is 11.6 Å². The van der Waals surface area contributed by atoms with Crippen LogP contribution >= 0.6 is 0 Å². The third-order valence-electron chi connectivity index (χ3n) is 4.82. The molecule has 0 aliphatic rings. The Morgan fingerprint density at radius 2 is 1.81 bits per heavy atom. The van der Waals surface area contributed by atoms with Gasteiger partial charge in [-0.2, -0.15) is 0 Å². The maximum Gasteiger partial charge on any atom is 0.351 e. The van der Waals surface area contributed by atoms with Crippen molar-refractivity contribution < 1.29 is 9.53 Å². The number of rotatable bonds is 6. The van der Waals surface area contributed by atoms with Gasteiger partial charge in [-0.15, -0.1) is 5.10 Å². The fraction of sp³-hybridized carbons (Fsp3) is 0.217. The summed E-state index contributed by atoms with van der Waals surface area (Å²) in [7, 11) is 0. The number of benzene rings is 2. The normalized spacial score (nSPS) is 10.9. The zero-order chi connectivity index (χ0) is 22.0. The monoisotopic (exact) mass is 417 g/mol. The number of carbonyl (C=O) groups excluding carboxylic acids is 1. The van der Waals surface area contributed by atoms with E-state index >= 15 is 0 Å². The lowest BCUT2D eigenvalue weighted by Gasteiger charge is -2.07. The maximum atomic E-state index is 12.7. The third kappa shape index (κ3) is 4.48. The van der Waals surface area contributed by atoms with Crippen molar-refractivity contribution in [3.8, 4) is 11.6 Å². The molecule has 4 rings (SSSR count). The Morgan fingerprint density at radius 1 is 1.10 bits per heavy atom. The van der Waals surface area contributed by atoms with Gasteiger partial charge in [-0.05, 0) is 61.2 Å². The summed E-state index contributed by atoms with van der Waals surface area (Å²) in [6.45, 7) is 5.79. The standard InChI is InChI=1S/C23H23N5O3/c1-4-17-5-7-18(8-6-17)25-20(29)14-28-23(30)27-10-9-24-22(21(27)26-28)31-19-12-15(2)11-16(3)13-19/h5-13H,4,14H2,1-3H3,(H,25,29). The van der Waals surface area contributed by atoms with Crippen LogP contribution in [0.25, 0.3) is 5.65 Å². The zero-order valence-electron chi connectivity index (χ0n) is 17.6. The lowest BCUT2D eigenvalue weighted by molar-refractivity contribution is -0.117. The van der Waals surface area contributed by atoms with E-state index in [4.69, 9.17) is 4.74 Å². The molecule has 0 saturated heterocycles. The summed E-state index contributed by atoms with van der Waals surface area (Å²) in [6, 6.07) is 13.4. The molecule has 0 aliphatic heterocycles. The molecule has 158 valence electrons. The number of hydrogen-bond donors (Lipinski definition) is 1. The van der Waals surface area contributed by atoms with Crippen molar-refractivity contribution in [2.75, 3.05) is 5.32 Å². The van der Waals surface area contributed by atoms with Crippen molar-refractivity contribution in [3.63, 3.8) is 0 Å². The highest BCUT2D eigenvalue weighted by molar-refractivity contribution is 5.90. The van der Waals surface area contributed by atoms with Crippen molar-refractivity contribution in [2.45, 2.75) is 33.7 Å². The van der Waals surface area contributed by atoms with Gasteiger partial charge in [0.15, 0.2) is 0 Å². The van der Waals surface area contributed by atoms with Crippen LogP contribution in [0.15, 0.2) is 59.7 Å². The Labute approximate surface area is 179 Å². The first-order valence-electron chi connectivity index (χ1n) is 10.0. The molecule has 2 aromatic carbocycles. The van der Waals surface area contributed by atoms with Gasteiger partial charge in [-0.1, -0.05) is 25.1 Å². The first-order valence-corrected chi connectivity index (χ1v) is 10.0. The minimum Gasteiger partial charge on any atom is -0.436 e. The third-order valence-corrected chi connectivity index (χ3v) is 4.82. The highest BCUT2D eigenvalue weighted by Gasteiger charge is 2.16. The second-order valence-corrected chi connectivity index (χ2v) is 7.39. The second kappa shape index (κ2) is 8.43. The van der Waals surface area contributed by atoms with Gasteiger partial charge in [0.2, 0.25) is 11.6 Å². The van der Waals surface area contributed by atoms with Crippen molar-refractivity contribution in [2.24, 2.45) is 0 Å². The van der Waals surface area contributed by atoms with Gasteiger partial charge in [0.25, 0.3) is 5.88 Å². The maximum absolute atomic E-state index is 12.7. The van der Waals surface area contributed by atoms with E-state index in [2.05, 4.69) is 22.3 Å². The summed E-state index contributed by atoms with van der Waals surface area (Å²) in [5.74, 6) is 0.451. The number of amides is 1. The molecule has 0 unspecified atom stereocenters. The average molecular weight is 417 g/mol. The lowest BCUT2D eigenvalue weighted by Crippen LogP contribution is -2.28. The fourth-order valence-corrected chi connectivity index (χ4v) is 3.36. The first-order chi connectivity index (χ1) is 14.9. The minimum atomic E-state index is -0.445. The molecule has 0 spiro atoms. The van der Waals surface area contributed by atoms with Crippen LogP contribution < -0.4 is 15.7 Å². The SMILES string of the molecule is CCc1ccc(NC(=O)Cn2nc3c(Oc4cc(C)cc(C)c4)nccn3c2=O)cc1.